The van der Waals surface area contributed by atoms with Crippen molar-refractivity contribution in [3.05, 3.63) is 341 Å². The molecule has 13 rings (SSSR count). The molecule has 0 heterocycles. The number of benzene rings is 11. The first-order valence-electron chi connectivity index (χ1n) is 26.0. The van der Waals surface area contributed by atoms with Crippen molar-refractivity contribution in [2.75, 3.05) is 4.90 Å². The van der Waals surface area contributed by atoms with E-state index in [1.165, 1.54) is 36.4 Å². The summed E-state index contributed by atoms with van der Waals surface area (Å²) in [5, 5.41) is 0. The summed E-state index contributed by atoms with van der Waals surface area (Å²) in [5.74, 6) is -1.01. The van der Waals surface area contributed by atoms with Crippen molar-refractivity contribution < 1.29 is 31.4 Å². The number of ether oxygens (including phenoxy) is 2. The number of halogens is 5. The van der Waals surface area contributed by atoms with E-state index in [0.717, 1.165) is 56.6 Å². The summed E-state index contributed by atoms with van der Waals surface area (Å²) >= 11 is 0. The Balaban J connectivity index is 1.01. The van der Waals surface area contributed by atoms with Crippen molar-refractivity contribution in [1.82, 2.24) is 0 Å². The molecule has 0 bridgehead atoms. The van der Waals surface area contributed by atoms with E-state index in [1.54, 1.807) is 24.3 Å². The topological polar surface area (TPSA) is 21.7 Å². The Morgan fingerprint density at radius 3 is 1.05 bits per heavy atom. The average Bonchev–Trinajstić information content (AvgIpc) is 4.11. The van der Waals surface area contributed by atoms with Crippen LogP contribution in [-0.2, 0) is 10.8 Å². The highest BCUT2D eigenvalue weighted by molar-refractivity contribution is 5.92. The minimum Gasteiger partial charge on any atom is -0.457 e. The van der Waals surface area contributed by atoms with Gasteiger partial charge in [0.05, 0.1) is 10.8 Å². The summed E-state index contributed by atoms with van der Waals surface area (Å²) in [6.45, 7) is 7.70. The molecular weight excluding hydrogens is 1010 g/mol. The summed E-state index contributed by atoms with van der Waals surface area (Å²) in [4.78, 5) is 1.99. The fraction of sp³-hybridized carbons (Fsp3) is 0.0278. The molecule has 11 aromatic rings. The van der Waals surface area contributed by atoms with Crippen LogP contribution in [0.4, 0.5) is 39.0 Å². The summed E-state index contributed by atoms with van der Waals surface area (Å²) in [6, 6.07) is 71.3. The normalized spacial score (nSPS) is 15.5. The molecular formula is C72H46F5NO2. The predicted octanol–water partition coefficient (Wildman–Crippen LogP) is 19.4. The molecule has 0 radical (unpaired) electrons. The van der Waals surface area contributed by atoms with E-state index < -0.39 is 39.9 Å². The second-order valence-electron chi connectivity index (χ2n) is 19.9. The summed E-state index contributed by atoms with van der Waals surface area (Å²) in [5.41, 5.74) is 9.20. The zero-order chi connectivity index (χ0) is 54.7. The maximum absolute atomic E-state index is 17.1. The van der Waals surface area contributed by atoms with E-state index in [1.807, 2.05) is 187 Å². The second-order valence-corrected chi connectivity index (χ2v) is 19.9. The lowest BCUT2D eigenvalue weighted by atomic mass is 9.67. The molecule has 0 aliphatic heterocycles. The molecule has 0 amide bonds. The molecule has 2 unspecified atom stereocenters. The molecule has 0 N–H and O–H groups in total. The van der Waals surface area contributed by atoms with E-state index in [9.17, 15) is 0 Å². The molecule has 0 fully saturated rings. The van der Waals surface area contributed by atoms with Crippen molar-refractivity contribution in [2.45, 2.75) is 10.8 Å². The van der Waals surface area contributed by atoms with Crippen LogP contribution in [0.15, 0.2) is 256 Å². The third kappa shape index (κ3) is 8.10. The second kappa shape index (κ2) is 19.8. The Morgan fingerprint density at radius 1 is 0.312 bits per heavy atom. The van der Waals surface area contributed by atoms with Crippen LogP contribution < -0.4 is 14.4 Å². The third-order valence-electron chi connectivity index (χ3n) is 15.6. The molecule has 2 atom stereocenters. The fourth-order valence-electron chi connectivity index (χ4n) is 12.1. The van der Waals surface area contributed by atoms with Gasteiger partial charge in [0.25, 0.3) is 0 Å². The van der Waals surface area contributed by atoms with Gasteiger partial charge in [-0.05, 0) is 176 Å². The Morgan fingerprint density at radius 2 is 0.662 bits per heavy atom. The molecule has 0 saturated carbocycles. The van der Waals surface area contributed by atoms with Gasteiger partial charge in [-0.3, -0.25) is 0 Å². The van der Waals surface area contributed by atoms with Crippen LogP contribution in [0.25, 0.3) is 34.4 Å². The largest absolute Gasteiger partial charge is 0.457 e. The first kappa shape index (κ1) is 49.5. The lowest BCUT2D eigenvalue weighted by molar-refractivity contribution is 0.481. The number of hydrogen-bond donors (Lipinski definition) is 0. The number of rotatable bonds is 13. The predicted molar refractivity (Wildman–Crippen MR) is 309 cm³/mol. The molecule has 3 nitrogen and oxygen atoms in total. The smallest absolute Gasteiger partial charge is 0.130 e. The first-order valence-corrected chi connectivity index (χ1v) is 26.0. The lowest BCUT2D eigenvalue weighted by Gasteiger charge is -2.36. The number of nitrogens with zero attached hydrogens (tertiary/aromatic N) is 1. The Bertz CT molecular complexity index is 3960. The Hall–Kier alpha value is -10.1. The highest BCUT2D eigenvalue weighted by atomic mass is 19.1. The minimum absolute atomic E-state index is 0.229. The number of anilines is 3. The number of fused-ring (bicyclic) bond motifs is 6. The maximum Gasteiger partial charge on any atom is 0.130 e. The Kier molecular flexibility index (Phi) is 12.2. The minimum atomic E-state index is -1.35. The van der Waals surface area contributed by atoms with Crippen molar-refractivity contribution in [2.24, 2.45) is 0 Å². The van der Waals surface area contributed by atoms with E-state index in [0.29, 0.717) is 62.3 Å². The lowest BCUT2D eigenvalue weighted by Crippen LogP contribution is -2.30. The molecule has 0 aromatic heterocycles. The van der Waals surface area contributed by atoms with Crippen LogP contribution in [0, 0.1) is 29.1 Å². The van der Waals surface area contributed by atoms with Gasteiger partial charge in [-0.1, -0.05) is 147 Å². The zero-order valence-corrected chi connectivity index (χ0v) is 42.8. The van der Waals surface area contributed by atoms with Crippen LogP contribution in [0.3, 0.4) is 0 Å². The molecule has 2 aliphatic carbocycles. The van der Waals surface area contributed by atoms with Gasteiger partial charge in [-0.15, -0.1) is 0 Å². The van der Waals surface area contributed by atoms with E-state index in [4.69, 9.17) is 9.47 Å². The van der Waals surface area contributed by atoms with Crippen LogP contribution in [-0.4, -0.2) is 0 Å². The molecule has 0 saturated heterocycles. The van der Waals surface area contributed by atoms with Crippen LogP contribution >= 0.6 is 0 Å². The molecule has 8 heteroatoms. The van der Waals surface area contributed by atoms with E-state index in [-0.39, 0.29) is 11.1 Å². The maximum atomic E-state index is 17.1. The standard InChI is InChI=1S/C72H46F5NO2/c1-3-45-13-29-55(30-14-45)79-57-33-17-47(18-34-57)71(65-39-23-50(74)41-69(65)76)63-11-7-5-9-59(63)61-37-27-53(43-67(61)71)78(52-25-21-49(73)22-26-52)54-28-38-62-60-10-6-8-12-64(60)72(68(62)44-54,66-40-24-51(75)42-70(66)77)48-19-35-58(36-20-48)80-56-31-15-46(4-2)16-32-56/h3-44H,1-2H2. The SMILES string of the molecule is C=Cc1ccc(Oc2ccc(C3(c4ccc(F)cc4F)c4ccccc4-c4ccc(N(c5ccc(F)cc5)c5ccc6c(c5)C(c5ccc(Oc7ccc(C=C)cc7)cc5)(c5ccc(F)cc5F)c5ccccc5-6)cc43)cc2)cc1. The highest BCUT2D eigenvalue weighted by Gasteiger charge is 2.50. The van der Waals surface area contributed by atoms with Gasteiger partial charge in [-0.25, -0.2) is 22.0 Å². The Labute approximate surface area is 460 Å². The van der Waals surface area contributed by atoms with Crippen LogP contribution in [0.1, 0.15) is 55.6 Å². The van der Waals surface area contributed by atoms with Gasteiger partial charge in [0.15, 0.2) is 0 Å². The summed E-state index contributed by atoms with van der Waals surface area (Å²) < 4.78 is 92.1. The highest BCUT2D eigenvalue weighted by Crippen LogP contribution is 2.60. The summed E-state index contributed by atoms with van der Waals surface area (Å²) in [6.07, 6.45) is 3.51. The van der Waals surface area contributed by atoms with E-state index in [2.05, 4.69) is 13.2 Å². The van der Waals surface area contributed by atoms with Gasteiger partial charge in [0.2, 0.25) is 0 Å². The van der Waals surface area contributed by atoms with Crippen LogP contribution in [0.2, 0.25) is 0 Å². The van der Waals surface area contributed by atoms with Gasteiger partial charge < -0.3 is 14.4 Å². The zero-order valence-electron chi connectivity index (χ0n) is 42.8. The molecule has 2 aliphatic rings. The average molecular weight is 1050 g/mol. The third-order valence-corrected chi connectivity index (χ3v) is 15.6. The van der Waals surface area contributed by atoms with Crippen molar-refractivity contribution >= 4 is 29.2 Å². The van der Waals surface area contributed by atoms with E-state index >= 15 is 22.0 Å². The van der Waals surface area contributed by atoms with Crippen molar-refractivity contribution in [1.29, 1.82) is 0 Å². The fourth-order valence-corrected chi connectivity index (χ4v) is 12.1. The summed E-state index contributed by atoms with van der Waals surface area (Å²) in [7, 11) is 0. The van der Waals surface area contributed by atoms with Crippen molar-refractivity contribution in [3.63, 3.8) is 0 Å². The number of hydrogen-bond acceptors (Lipinski definition) is 3. The van der Waals surface area contributed by atoms with Gasteiger partial charge in [-0.2, -0.15) is 0 Å². The van der Waals surface area contributed by atoms with Crippen molar-refractivity contribution in [3.8, 4) is 45.3 Å². The molecule has 0 spiro atoms. The van der Waals surface area contributed by atoms with Gasteiger partial charge >= 0.3 is 0 Å². The quantitative estimate of drug-likeness (QED) is 0.107. The molecule has 11 aromatic carbocycles. The molecule has 386 valence electrons. The first-order chi connectivity index (χ1) is 39.1. The van der Waals surface area contributed by atoms with Gasteiger partial charge in [0.1, 0.15) is 52.1 Å². The molecule has 80 heavy (non-hydrogen) atoms. The van der Waals surface area contributed by atoms with Gasteiger partial charge in [0, 0.05) is 40.3 Å². The monoisotopic (exact) mass is 1050 g/mol. The van der Waals surface area contributed by atoms with Crippen LogP contribution in [0.5, 0.6) is 23.0 Å².